The van der Waals surface area contributed by atoms with E-state index in [-0.39, 0.29) is 0 Å². The Morgan fingerprint density at radius 3 is 2.55 bits per heavy atom. The van der Waals surface area contributed by atoms with Crippen molar-refractivity contribution in [1.29, 1.82) is 0 Å². The third kappa shape index (κ3) is 3.98. The van der Waals surface area contributed by atoms with Gasteiger partial charge in [0, 0.05) is 10.5 Å². The molecule has 20 heavy (non-hydrogen) atoms. The van der Waals surface area contributed by atoms with Crippen LogP contribution >= 0.6 is 27.5 Å². The molecule has 0 saturated carbocycles. The SMILES string of the molecule is CCNC(C)c1ccc(Oc2cc(Br)ccc2Cl)cc1. The summed E-state index contributed by atoms with van der Waals surface area (Å²) in [5.74, 6) is 1.42. The highest BCUT2D eigenvalue weighted by atomic mass is 79.9. The van der Waals surface area contributed by atoms with E-state index in [1.165, 1.54) is 5.56 Å². The molecule has 1 atom stereocenters. The van der Waals surface area contributed by atoms with Crippen molar-refractivity contribution in [1.82, 2.24) is 5.32 Å². The van der Waals surface area contributed by atoms with Gasteiger partial charge in [0.25, 0.3) is 0 Å². The summed E-state index contributed by atoms with van der Waals surface area (Å²) in [5.41, 5.74) is 1.24. The minimum absolute atomic E-state index is 0.337. The molecule has 4 heteroatoms. The number of halogens is 2. The second-order valence-corrected chi connectivity index (χ2v) is 5.85. The number of hydrogen-bond donors (Lipinski definition) is 1. The Morgan fingerprint density at radius 1 is 1.20 bits per heavy atom. The summed E-state index contributed by atoms with van der Waals surface area (Å²) in [6.07, 6.45) is 0. The lowest BCUT2D eigenvalue weighted by atomic mass is 10.1. The van der Waals surface area contributed by atoms with E-state index in [2.05, 4.69) is 47.2 Å². The summed E-state index contributed by atoms with van der Waals surface area (Å²) in [7, 11) is 0. The van der Waals surface area contributed by atoms with E-state index in [9.17, 15) is 0 Å². The average Bonchev–Trinajstić information content (AvgIpc) is 2.44. The molecule has 1 unspecified atom stereocenters. The molecule has 0 aliphatic rings. The molecule has 2 nitrogen and oxygen atoms in total. The lowest BCUT2D eigenvalue weighted by Gasteiger charge is -2.13. The van der Waals surface area contributed by atoms with Crippen molar-refractivity contribution in [2.45, 2.75) is 19.9 Å². The number of benzene rings is 2. The van der Waals surface area contributed by atoms with Gasteiger partial charge in [-0.25, -0.2) is 0 Å². The molecule has 0 heterocycles. The fraction of sp³-hybridized carbons (Fsp3) is 0.250. The molecule has 2 aromatic carbocycles. The number of hydrogen-bond acceptors (Lipinski definition) is 2. The fourth-order valence-electron chi connectivity index (χ4n) is 1.93. The van der Waals surface area contributed by atoms with Crippen molar-refractivity contribution in [2.75, 3.05) is 6.54 Å². The molecular formula is C16H17BrClNO. The minimum Gasteiger partial charge on any atom is -0.456 e. The first-order valence-electron chi connectivity index (χ1n) is 6.56. The molecule has 0 saturated heterocycles. The van der Waals surface area contributed by atoms with Crippen molar-refractivity contribution in [3.8, 4) is 11.5 Å². The summed E-state index contributed by atoms with van der Waals surface area (Å²) in [6, 6.07) is 13.9. The van der Waals surface area contributed by atoms with Crippen LogP contribution in [0.3, 0.4) is 0 Å². The van der Waals surface area contributed by atoms with Gasteiger partial charge < -0.3 is 10.1 Å². The Morgan fingerprint density at radius 2 is 1.90 bits per heavy atom. The van der Waals surface area contributed by atoms with Crippen LogP contribution in [0.4, 0.5) is 0 Å². The van der Waals surface area contributed by atoms with Gasteiger partial charge in [-0.3, -0.25) is 0 Å². The van der Waals surface area contributed by atoms with E-state index in [1.54, 1.807) is 0 Å². The first-order chi connectivity index (χ1) is 9.60. The van der Waals surface area contributed by atoms with E-state index >= 15 is 0 Å². The van der Waals surface area contributed by atoms with Crippen LogP contribution in [0.5, 0.6) is 11.5 Å². The molecule has 0 spiro atoms. The fourth-order valence-corrected chi connectivity index (χ4v) is 2.43. The van der Waals surface area contributed by atoms with Gasteiger partial charge in [0.1, 0.15) is 11.5 Å². The lowest BCUT2D eigenvalue weighted by Crippen LogP contribution is -2.17. The topological polar surface area (TPSA) is 21.3 Å². The van der Waals surface area contributed by atoms with Gasteiger partial charge in [0.05, 0.1) is 5.02 Å². The second kappa shape index (κ2) is 7.11. The van der Waals surface area contributed by atoms with E-state index in [0.717, 1.165) is 16.8 Å². The second-order valence-electron chi connectivity index (χ2n) is 4.53. The predicted octanol–water partition coefficient (Wildman–Crippen LogP) is 5.57. The number of ether oxygens (including phenoxy) is 1. The first-order valence-corrected chi connectivity index (χ1v) is 7.73. The maximum Gasteiger partial charge on any atom is 0.147 e. The zero-order valence-corrected chi connectivity index (χ0v) is 13.8. The molecule has 0 radical (unpaired) electrons. The normalized spacial score (nSPS) is 12.2. The van der Waals surface area contributed by atoms with Crippen LogP contribution in [0, 0.1) is 0 Å². The third-order valence-corrected chi connectivity index (χ3v) is 3.82. The van der Waals surface area contributed by atoms with Crippen LogP contribution in [0.25, 0.3) is 0 Å². The van der Waals surface area contributed by atoms with E-state index < -0.39 is 0 Å². The predicted molar refractivity (Wildman–Crippen MR) is 87.8 cm³/mol. The standard InChI is InChI=1S/C16H17BrClNO/c1-3-19-11(2)12-4-7-14(8-5-12)20-16-10-13(17)6-9-15(16)18/h4-11,19H,3H2,1-2H3. The molecule has 0 bridgehead atoms. The zero-order chi connectivity index (χ0) is 14.5. The van der Waals surface area contributed by atoms with Gasteiger partial charge in [0.2, 0.25) is 0 Å². The van der Waals surface area contributed by atoms with Crippen molar-refractivity contribution in [3.05, 3.63) is 57.5 Å². The number of rotatable bonds is 5. The van der Waals surface area contributed by atoms with Crippen molar-refractivity contribution >= 4 is 27.5 Å². The lowest BCUT2D eigenvalue weighted by molar-refractivity contribution is 0.482. The van der Waals surface area contributed by atoms with Crippen LogP contribution in [0.15, 0.2) is 46.9 Å². The molecule has 0 amide bonds. The summed E-state index contributed by atoms with van der Waals surface area (Å²) in [4.78, 5) is 0. The highest BCUT2D eigenvalue weighted by Crippen LogP contribution is 2.32. The van der Waals surface area contributed by atoms with Gasteiger partial charge in [-0.05, 0) is 49.4 Å². The molecule has 1 N–H and O–H groups in total. The van der Waals surface area contributed by atoms with Gasteiger partial charge >= 0.3 is 0 Å². The zero-order valence-electron chi connectivity index (χ0n) is 11.5. The largest absolute Gasteiger partial charge is 0.456 e. The Kier molecular flexibility index (Phi) is 5.46. The van der Waals surface area contributed by atoms with E-state index in [0.29, 0.717) is 16.8 Å². The molecule has 0 aliphatic carbocycles. The molecule has 0 fully saturated rings. The van der Waals surface area contributed by atoms with Crippen LogP contribution in [-0.2, 0) is 0 Å². The van der Waals surface area contributed by atoms with Gasteiger partial charge in [-0.2, -0.15) is 0 Å². The first kappa shape index (κ1) is 15.4. The van der Waals surface area contributed by atoms with Crippen molar-refractivity contribution in [2.24, 2.45) is 0 Å². The summed E-state index contributed by atoms with van der Waals surface area (Å²) in [5, 5.41) is 3.98. The monoisotopic (exact) mass is 353 g/mol. The summed E-state index contributed by atoms with van der Waals surface area (Å²) in [6.45, 7) is 5.20. The quantitative estimate of drug-likeness (QED) is 0.758. The van der Waals surface area contributed by atoms with Gasteiger partial charge in [-0.15, -0.1) is 0 Å². The Bertz CT molecular complexity index is 571. The molecular weight excluding hydrogens is 338 g/mol. The Labute approximate surface area is 133 Å². The Hall–Kier alpha value is -1.03. The average molecular weight is 355 g/mol. The van der Waals surface area contributed by atoms with Crippen LogP contribution in [0.2, 0.25) is 5.02 Å². The summed E-state index contributed by atoms with van der Waals surface area (Å²) >= 11 is 9.52. The third-order valence-electron chi connectivity index (χ3n) is 3.01. The number of nitrogens with one attached hydrogen (secondary N) is 1. The van der Waals surface area contributed by atoms with E-state index in [4.69, 9.17) is 16.3 Å². The molecule has 0 aromatic heterocycles. The Balaban J connectivity index is 2.12. The van der Waals surface area contributed by atoms with Gasteiger partial charge in [0.15, 0.2) is 0 Å². The highest BCUT2D eigenvalue weighted by molar-refractivity contribution is 9.10. The molecule has 0 aliphatic heterocycles. The molecule has 2 aromatic rings. The van der Waals surface area contributed by atoms with Crippen LogP contribution in [-0.4, -0.2) is 6.54 Å². The smallest absolute Gasteiger partial charge is 0.147 e. The maximum atomic E-state index is 6.11. The summed E-state index contributed by atoms with van der Waals surface area (Å²) < 4.78 is 6.74. The van der Waals surface area contributed by atoms with Crippen LogP contribution in [0.1, 0.15) is 25.5 Å². The van der Waals surface area contributed by atoms with Gasteiger partial charge in [-0.1, -0.05) is 46.6 Å². The van der Waals surface area contributed by atoms with E-state index in [1.807, 2.05) is 30.3 Å². The molecule has 106 valence electrons. The van der Waals surface area contributed by atoms with Crippen LogP contribution < -0.4 is 10.1 Å². The molecule has 2 rings (SSSR count). The minimum atomic E-state index is 0.337. The van der Waals surface area contributed by atoms with Crippen molar-refractivity contribution < 1.29 is 4.74 Å². The highest BCUT2D eigenvalue weighted by Gasteiger charge is 2.06. The maximum absolute atomic E-state index is 6.11. The van der Waals surface area contributed by atoms with Crippen molar-refractivity contribution in [3.63, 3.8) is 0 Å².